The van der Waals surface area contributed by atoms with E-state index in [1.165, 1.54) is 38.6 Å². The van der Waals surface area contributed by atoms with Gasteiger partial charge in [-0.25, -0.2) is 0 Å². The first-order chi connectivity index (χ1) is 9.20. The third kappa shape index (κ3) is 4.18. The third-order valence-corrected chi connectivity index (χ3v) is 4.58. The molecule has 0 bridgehead atoms. The van der Waals surface area contributed by atoms with Gasteiger partial charge < -0.3 is 10.2 Å². The standard InChI is InChI=1S/C15H29N3O/c1-3-8-17-9-11-18(12-10-17)13(2)15(19)16-14-6-4-5-7-14/h13-14H,3-12H2,1-2H3,(H,16,19)/t13-/m0/s1. The zero-order chi connectivity index (χ0) is 13.7. The lowest BCUT2D eigenvalue weighted by Crippen LogP contribution is -2.54. The summed E-state index contributed by atoms with van der Waals surface area (Å²) in [4.78, 5) is 17.1. The molecule has 0 aromatic heterocycles. The molecule has 0 aromatic carbocycles. The second kappa shape index (κ2) is 7.25. The molecule has 1 saturated heterocycles. The maximum atomic E-state index is 12.2. The van der Waals surface area contributed by atoms with Crippen molar-refractivity contribution in [3.05, 3.63) is 0 Å². The molecule has 1 heterocycles. The zero-order valence-corrected chi connectivity index (χ0v) is 12.5. The minimum absolute atomic E-state index is 0.0318. The van der Waals surface area contributed by atoms with Gasteiger partial charge in [-0.1, -0.05) is 19.8 Å². The van der Waals surface area contributed by atoms with E-state index >= 15 is 0 Å². The second-order valence-corrected chi connectivity index (χ2v) is 6.04. The van der Waals surface area contributed by atoms with Crippen molar-refractivity contribution < 1.29 is 4.79 Å². The Morgan fingerprint density at radius 2 is 1.84 bits per heavy atom. The molecule has 1 amide bonds. The van der Waals surface area contributed by atoms with Gasteiger partial charge in [0.05, 0.1) is 6.04 Å². The number of hydrogen-bond donors (Lipinski definition) is 1. The molecule has 1 saturated carbocycles. The minimum Gasteiger partial charge on any atom is -0.352 e. The highest BCUT2D eigenvalue weighted by atomic mass is 16.2. The summed E-state index contributed by atoms with van der Waals surface area (Å²) in [6.07, 6.45) is 6.10. The molecule has 4 heteroatoms. The largest absolute Gasteiger partial charge is 0.352 e. The lowest BCUT2D eigenvalue weighted by atomic mass is 10.2. The van der Waals surface area contributed by atoms with Gasteiger partial charge in [-0.2, -0.15) is 0 Å². The van der Waals surface area contributed by atoms with Crippen LogP contribution in [0.3, 0.4) is 0 Å². The number of rotatable bonds is 5. The molecule has 0 aromatic rings. The van der Waals surface area contributed by atoms with Crippen LogP contribution in [-0.4, -0.2) is 60.5 Å². The predicted octanol–water partition coefficient (Wildman–Crippen LogP) is 1.46. The average molecular weight is 267 g/mol. The van der Waals surface area contributed by atoms with E-state index in [4.69, 9.17) is 0 Å². The van der Waals surface area contributed by atoms with Crippen molar-refractivity contribution in [3.63, 3.8) is 0 Å². The maximum Gasteiger partial charge on any atom is 0.237 e. The highest BCUT2D eigenvalue weighted by molar-refractivity contribution is 5.81. The van der Waals surface area contributed by atoms with Crippen molar-refractivity contribution in [3.8, 4) is 0 Å². The molecule has 19 heavy (non-hydrogen) atoms. The summed E-state index contributed by atoms with van der Waals surface area (Å²) < 4.78 is 0. The fourth-order valence-corrected chi connectivity index (χ4v) is 3.25. The molecule has 2 aliphatic rings. The molecule has 1 aliphatic heterocycles. The molecule has 1 N–H and O–H groups in total. The van der Waals surface area contributed by atoms with Gasteiger partial charge in [0, 0.05) is 32.2 Å². The Balaban J connectivity index is 1.73. The van der Waals surface area contributed by atoms with Gasteiger partial charge in [-0.05, 0) is 32.7 Å². The van der Waals surface area contributed by atoms with Crippen LogP contribution in [0.1, 0.15) is 46.0 Å². The number of nitrogens with zero attached hydrogens (tertiary/aromatic N) is 2. The van der Waals surface area contributed by atoms with Gasteiger partial charge in [0.15, 0.2) is 0 Å². The normalized spacial score (nSPS) is 24.5. The Morgan fingerprint density at radius 3 is 2.42 bits per heavy atom. The van der Waals surface area contributed by atoms with E-state index in [1.54, 1.807) is 0 Å². The number of carbonyl (C=O) groups is 1. The number of hydrogen-bond acceptors (Lipinski definition) is 3. The molecule has 1 aliphatic carbocycles. The van der Waals surface area contributed by atoms with Gasteiger partial charge in [0.25, 0.3) is 0 Å². The van der Waals surface area contributed by atoms with E-state index in [9.17, 15) is 4.79 Å². The SMILES string of the molecule is CCCN1CCN([C@@H](C)C(=O)NC2CCCC2)CC1. The van der Waals surface area contributed by atoms with E-state index in [-0.39, 0.29) is 11.9 Å². The van der Waals surface area contributed by atoms with E-state index < -0.39 is 0 Å². The van der Waals surface area contributed by atoms with Crippen molar-refractivity contribution in [2.45, 2.75) is 58.0 Å². The summed E-state index contributed by atoms with van der Waals surface area (Å²) >= 11 is 0. The Kier molecular flexibility index (Phi) is 5.64. The molecule has 2 rings (SSSR count). The molecule has 4 nitrogen and oxygen atoms in total. The summed E-state index contributed by atoms with van der Waals surface area (Å²) in [5.74, 6) is 0.232. The van der Waals surface area contributed by atoms with Crippen LogP contribution in [-0.2, 0) is 4.79 Å². The first kappa shape index (κ1) is 14.8. The van der Waals surface area contributed by atoms with Crippen molar-refractivity contribution >= 4 is 5.91 Å². The Bertz CT molecular complexity index is 281. The van der Waals surface area contributed by atoms with Crippen LogP contribution in [0.15, 0.2) is 0 Å². The van der Waals surface area contributed by atoms with E-state index in [1.807, 2.05) is 0 Å². The fraction of sp³-hybridized carbons (Fsp3) is 0.933. The fourth-order valence-electron chi connectivity index (χ4n) is 3.25. The summed E-state index contributed by atoms with van der Waals surface area (Å²) in [6.45, 7) is 9.74. The highest BCUT2D eigenvalue weighted by Crippen LogP contribution is 2.18. The summed E-state index contributed by atoms with van der Waals surface area (Å²) in [5, 5.41) is 3.22. The zero-order valence-electron chi connectivity index (χ0n) is 12.5. The Labute approximate surface area is 117 Å². The van der Waals surface area contributed by atoms with E-state index in [2.05, 4.69) is 29.0 Å². The average Bonchev–Trinajstić information content (AvgIpc) is 2.92. The van der Waals surface area contributed by atoms with Gasteiger partial charge in [-0.15, -0.1) is 0 Å². The summed E-state index contributed by atoms with van der Waals surface area (Å²) in [7, 11) is 0. The van der Waals surface area contributed by atoms with Gasteiger partial charge in [0.1, 0.15) is 0 Å². The van der Waals surface area contributed by atoms with Crippen molar-refractivity contribution in [1.82, 2.24) is 15.1 Å². The van der Waals surface area contributed by atoms with Crippen LogP contribution in [0.25, 0.3) is 0 Å². The first-order valence-electron chi connectivity index (χ1n) is 7.97. The maximum absolute atomic E-state index is 12.2. The molecule has 110 valence electrons. The van der Waals surface area contributed by atoms with Crippen LogP contribution >= 0.6 is 0 Å². The Morgan fingerprint density at radius 1 is 1.21 bits per heavy atom. The molecular formula is C15H29N3O. The summed E-state index contributed by atoms with van der Waals surface area (Å²) in [5.41, 5.74) is 0. The van der Waals surface area contributed by atoms with Gasteiger partial charge >= 0.3 is 0 Å². The van der Waals surface area contributed by atoms with Crippen LogP contribution in [0.4, 0.5) is 0 Å². The van der Waals surface area contributed by atoms with Crippen LogP contribution in [0.5, 0.6) is 0 Å². The first-order valence-corrected chi connectivity index (χ1v) is 7.97. The van der Waals surface area contributed by atoms with Gasteiger partial charge in [0.2, 0.25) is 5.91 Å². The van der Waals surface area contributed by atoms with Crippen molar-refractivity contribution in [2.24, 2.45) is 0 Å². The number of nitrogens with one attached hydrogen (secondary N) is 1. The molecule has 1 atom stereocenters. The molecule has 0 unspecified atom stereocenters. The quantitative estimate of drug-likeness (QED) is 0.819. The van der Waals surface area contributed by atoms with E-state index in [0.29, 0.717) is 6.04 Å². The highest BCUT2D eigenvalue weighted by Gasteiger charge is 2.27. The van der Waals surface area contributed by atoms with Crippen LogP contribution < -0.4 is 5.32 Å². The monoisotopic (exact) mass is 267 g/mol. The molecular weight excluding hydrogens is 238 g/mol. The third-order valence-electron chi connectivity index (χ3n) is 4.58. The van der Waals surface area contributed by atoms with E-state index in [0.717, 1.165) is 26.2 Å². The number of amides is 1. The predicted molar refractivity (Wildman–Crippen MR) is 78.2 cm³/mol. The second-order valence-electron chi connectivity index (χ2n) is 6.04. The van der Waals surface area contributed by atoms with Crippen molar-refractivity contribution in [2.75, 3.05) is 32.7 Å². The Hall–Kier alpha value is -0.610. The lowest BCUT2D eigenvalue weighted by molar-refractivity contribution is -0.127. The summed E-state index contributed by atoms with van der Waals surface area (Å²) in [6, 6.07) is 0.473. The molecule has 2 fully saturated rings. The number of piperazine rings is 1. The van der Waals surface area contributed by atoms with Crippen molar-refractivity contribution in [1.29, 1.82) is 0 Å². The lowest BCUT2D eigenvalue weighted by Gasteiger charge is -2.37. The number of carbonyl (C=O) groups excluding carboxylic acids is 1. The molecule has 0 spiro atoms. The van der Waals surface area contributed by atoms with Crippen LogP contribution in [0.2, 0.25) is 0 Å². The van der Waals surface area contributed by atoms with Gasteiger partial charge in [-0.3, -0.25) is 9.69 Å². The van der Waals surface area contributed by atoms with Crippen LogP contribution in [0, 0.1) is 0 Å². The smallest absolute Gasteiger partial charge is 0.237 e. The molecule has 0 radical (unpaired) electrons. The topological polar surface area (TPSA) is 35.6 Å². The minimum atomic E-state index is 0.0318.